The lowest BCUT2D eigenvalue weighted by Crippen LogP contribution is -2.29. The van der Waals surface area contributed by atoms with Crippen molar-refractivity contribution in [3.63, 3.8) is 0 Å². The van der Waals surface area contributed by atoms with Gasteiger partial charge in [-0.15, -0.1) is 0 Å². The van der Waals surface area contributed by atoms with Crippen molar-refractivity contribution in [1.29, 1.82) is 0 Å². The molecule has 23 heavy (non-hydrogen) atoms. The molecular formula is C17H26ClN3O2. The average Bonchev–Trinajstić information content (AvgIpc) is 2.47. The summed E-state index contributed by atoms with van der Waals surface area (Å²) in [7, 11) is 3.85. The van der Waals surface area contributed by atoms with E-state index in [9.17, 15) is 9.59 Å². The number of benzene rings is 1. The summed E-state index contributed by atoms with van der Waals surface area (Å²) < 4.78 is 0. The van der Waals surface area contributed by atoms with E-state index in [1.54, 1.807) is 18.2 Å². The smallest absolute Gasteiger partial charge is 0.228 e. The van der Waals surface area contributed by atoms with E-state index in [1.807, 2.05) is 32.8 Å². The third-order valence-corrected chi connectivity index (χ3v) is 3.67. The Kier molecular flexibility index (Phi) is 8.06. The van der Waals surface area contributed by atoms with Gasteiger partial charge in [0.2, 0.25) is 11.8 Å². The normalized spacial score (nSPS) is 12.1. The number of rotatable bonds is 8. The van der Waals surface area contributed by atoms with Gasteiger partial charge in [-0.05, 0) is 38.7 Å². The van der Waals surface area contributed by atoms with Gasteiger partial charge in [-0.1, -0.05) is 31.9 Å². The SMILES string of the molecule is CCCCC(=O)Nc1ccc(NC(=O)[C@@H](C)CN(C)C)cc1Cl. The fourth-order valence-corrected chi connectivity index (χ4v) is 2.37. The summed E-state index contributed by atoms with van der Waals surface area (Å²) in [6.07, 6.45) is 2.30. The summed E-state index contributed by atoms with van der Waals surface area (Å²) in [5, 5.41) is 6.03. The number of nitrogens with one attached hydrogen (secondary N) is 2. The van der Waals surface area contributed by atoms with E-state index < -0.39 is 0 Å². The quantitative estimate of drug-likeness (QED) is 0.760. The highest BCUT2D eigenvalue weighted by molar-refractivity contribution is 6.34. The van der Waals surface area contributed by atoms with Gasteiger partial charge in [-0.25, -0.2) is 0 Å². The van der Waals surface area contributed by atoms with Gasteiger partial charge < -0.3 is 15.5 Å². The molecule has 0 aliphatic rings. The first-order chi connectivity index (χ1) is 10.8. The summed E-state index contributed by atoms with van der Waals surface area (Å²) in [6, 6.07) is 5.09. The molecule has 0 heterocycles. The Morgan fingerprint density at radius 1 is 1.26 bits per heavy atom. The van der Waals surface area contributed by atoms with Gasteiger partial charge in [0.25, 0.3) is 0 Å². The maximum Gasteiger partial charge on any atom is 0.228 e. The minimum Gasteiger partial charge on any atom is -0.326 e. The van der Waals surface area contributed by atoms with Crippen molar-refractivity contribution in [3.8, 4) is 0 Å². The molecule has 0 unspecified atom stereocenters. The molecule has 0 saturated heterocycles. The van der Waals surface area contributed by atoms with E-state index in [0.29, 0.717) is 29.4 Å². The maximum absolute atomic E-state index is 12.1. The molecule has 5 nitrogen and oxygen atoms in total. The molecule has 2 amide bonds. The molecule has 6 heteroatoms. The molecule has 0 saturated carbocycles. The van der Waals surface area contributed by atoms with Crippen LogP contribution in [0.1, 0.15) is 33.1 Å². The van der Waals surface area contributed by atoms with Crippen LogP contribution in [0.2, 0.25) is 5.02 Å². The second-order valence-electron chi connectivity index (χ2n) is 6.00. The molecule has 1 rings (SSSR count). The first-order valence-electron chi connectivity index (χ1n) is 7.88. The van der Waals surface area contributed by atoms with Gasteiger partial charge in [0.05, 0.1) is 10.7 Å². The number of nitrogens with zero attached hydrogens (tertiary/aromatic N) is 1. The molecule has 0 spiro atoms. The largest absolute Gasteiger partial charge is 0.326 e. The minimum atomic E-state index is -0.128. The molecule has 1 aromatic carbocycles. The first kappa shape index (κ1) is 19.5. The molecule has 0 bridgehead atoms. The number of hydrogen-bond donors (Lipinski definition) is 2. The van der Waals surface area contributed by atoms with Crippen LogP contribution in [0.5, 0.6) is 0 Å². The van der Waals surface area contributed by atoms with Crippen LogP contribution < -0.4 is 10.6 Å². The van der Waals surface area contributed by atoms with Crippen LogP contribution in [0.4, 0.5) is 11.4 Å². The third-order valence-electron chi connectivity index (χ3n) is 3.35. The average molecular weight is 340 g/mol. The van der Waals surface area contributed by atoms with Crippen LogP contribution in [0.15, 0.2) is 18.2 Å². The summed E-state index contributed by atoms with van der Waals surface area (Å²) in [5.41, 5.74) is 1.18. The number of hydrogen-bond acceptors (Lipinski definition) is 3. The van der Waals surface area contributed by atoms with Crippen LogP contribution in [0.3, 0.4) is 0 Å². The first-order valence-corrected chi connectivity index (χ1v) is 8.26. The fourth-order valence-electron chi connectivity index (χ4n) is 2.14. The lowest BCUT2D eigenvalue weighted by atomic mass is 10.1. The highest BCUT2D eigenvalue weighted by atomic mass is 35.5. The van der Waals surface area contributed by atoms with Crippen molar-refractivity contribution < 1.29 is 9.59 Å². The number of anilines is 2. The van der Waals surface area contributed by atoms with E-state index in [0.717, 1.165) is 12.8 Å². The van der Waals surface area contributed by atoms with Gasteiger partial charge in [-0.3, -0.25) is 9.59 Å². The monoisotopic (exact) mass is 339 g/mol. The van der Waals surface area contributed by atoms with Crippen molar-refractivity contribution in [3.05, 3.63) is 23.2 Å². The topological polar surface area (TPSA) is 61.4 Å². The molecule has 0 aromatic heterocycles. The lowest BCUT2D eigenvalue weighted by Gasteiger charge is -2.17. The zero-order valence-corrected chi connectivity index (χ0v) is 15.0. The third kappa shape index (κ3) is 7.01. The second-order valence-corrected chi connectivity index (χ2v) is 6.41. The van der Waals surface area contributed by atoms with E-state index in [-0.39, 0.29) is 17.7 Å². The fraction of sp³-hybridized carbons (Fsp3) is 0.529. The molecule has 1 aromatic rings. The van der Waals surface area contributed by atoms with Crippen LogP contribution in [-0.4, -0.2) is 37.4 Å². The molecule has 0 aliphatic carbocycles. The Labute approximate surface area is 143 Å². The van der Waals surface area contributed by atoms with Crippen molar-refractivity contribution in [2.75, 3.05) is 31.3 Å². The Hall–Kier alpha value is -1.59. The van der Waals surface area contributed by atoms with Crippen molar-refractivity contribution in [2.45, 2.75) is 33.1 Å². The van der Waals surface area contributed by atoms with Crippen molar-refractivity contribution in [2.24, 2.45) is 5.92 Å². The zero-order valence-electron chi connectivity index (χ0n) is 14.3. The van der Waals surface area contributed by atoms with Crippen molar-refractivity contribution in [1.82, 2.24) is 4.90 Å². The predicted octanol–water partition coefficient (Wildman–Crippen LogP) is 3.60. The summed E-state index contributed by atoms with van der Waals surface area (Å²) >= 11 is 6.18. The van der Waals surface area contributed by atoms with Crippen molar-refractivity contribution >= 4 is 34.8 Å². The Morgan fingerprint density at radius 2 is 1.96 bits per heavy atom. The van der Waals surface area contributed by atoms with Crippen LogP contribution in [0.25, 0.3) is 0 Å². The standard InChI is InChI=1S/C17H26ClN3O2/c1-5-6-7-16(22)20-15-9-8-13(10-14(15)18)19-17(23)12(2)11-21(3)4/h8-10,12H,5-7,11H2,1-4H3,(H,19,23)(H,20,22)/t12-/m0/s1. The number of amides is 2. The second kappa shape index (κ2) is 9.53. The lowest BCUT2D eigenvalue weighted by molar-refractivity contribution is -0.119. The Bertz CT molecular complexity index is 547. The zero-order chi connectivity index (χ0) is 17.4. The molecule has 0 fully saturated rings. The molecule has 1 atom stereocenters. The van der Waals surface area contributed by atoms with Gasteiger partial charge in [0.15, 0.2) is 0 Å². The van der Waals surface area contributed by atoms with Gasteiger partial charge in [-0.2, -0.15) is 0 Å². The number of carbonyl (C=O) groups excluding carboxylic acids is 2. The van der Waals surface area contributed by atoms with E-state index in [2.05, 4.69) is 10.6 Å². The highest BCUT2D eigenvalue weighted by Gasteiger charge is 2.14. The number of unbranched alkanes of at least 4 members (excludes halogenated alkanes) is 1. The maximum atomic E-state index is 12.1. The summed E-state index contributed by atoms with van der Waals surface area (Å²) in [4.78, 5) is 25.8. The minimum absolute atomic E-state index is 0.0508. The van der Waals surface area contributed by atoms with Crippen LogP contribution in [0, 0.1) is 5.92 Å². The highest BCUT2D eigenvalue weighted by Crippen LogP contribution is 2.26. The Morgan fingerprint density at radius 3 is 2.52 bits per heavy atom. The summed E-state index contributed by atoms with van der Waals surface area (Å²) in [6.45, 7) is 4.58. The predicted molar refractivity (Wildman–Crippen MR) is 96.0 cm³/mol. The molecule has 0 radical (unpaired) electrons. The molecule has 128 valence electrons. The van der Waals surface area contributed by atoms with Gasteiger partial charge in [0, 0.05) is 24.6 Å². The Balaban J connectivity index is 2.65. The van der Waals surface area contributed by atoms with Crippen LogP contribution in [-0.2, 0) is 9.59 Å². The molecule has 0 aliphatic heterocycles. The van der Waals surface area contributed by atoms with Gasteiger partial charge >= 0.3 is 0 Å². The van der Waals surface area contributed by atoms with Crippen LogP contribution >= 0.6 is 11.6 Å². The number of halogens is 1. The summed E-state index contributed by atoms with van der Waals surface area (Å²) in [5.74, 6) is -0.239. The van der Waals surface area contributed by atoms with E-state index >= 15 is 0 Å². The van der Waals surface area contributed by atoms with Gasteiger partial charge in [0.1, 0.15) is 0 Å². The van der Waals surface area contributed by atoms with E-state index in [4.69, 9.17) is 11.6 Å². The number of carbonyl (C=O) groups is 2. The molecular weight excluding hydrogens is 314 g/mol. The molecule has 2 N–H and O–H groups in total. The van der Waals surface area contributed by atoms with E-state index in [1.165, 1.54) is 0 Å².